The number of carboxylic acid groups (broad SMARTS) is 1. The molecule has 6 nitrogen and oxygen atoms in total. The van der Waals surface area contributed by atoms with Gasteiger partial charge in [0.2, 0.25) is 0 Å². The number of phenols is 1. The largest absolute Gasteiger partial charge is 0.508 e. The highest BCUT2D eigenvalue weighted by molar-refractivity contribution is 6.32. The zero-order valence-electron chi connectivity index (χ0n) is 11.2. The number of ether oxygens (including phenoxy) is 1. The minimum absolute atomic E-state index is 0.0676. The molecule has 0 aromatic heterocycles. The van der Waals surface area contributed by atoms with Crippen LogP contribution in [0.4, 0.5) is 5.69 Å². The second-order valence-electron chi connectivity index (χ2n) is 4.30. The quantitative estimate of drug-likeness (QED) is 0.736. The van der Waals surface area contributed by atoms with Gasteiger partial charge in [-0.3, -0.25) is 4.79 Å². The van der Waals surface area contributed by atoms with Gasteiger partial charge >= 0.3 is 5.97 Å². The molecule has 0 radical (unpaired) electrons. The van der Waals surface area contributed by atoms with Crippen molar-refractivity contribution >= 4 is 29.2 Å². The van der Waals surface area contributed by atoms with Crippen LogP contribution in [0.5, 0.6) is 11.5 Å². The van der Waals surface area contributed by atoms with Gasteiger partial charge in [0, 0.05) is 0 Å². The SMILES string of the molecule is O=C(COc1ccccc1Cl)Nc1ccc(O)cc1C(=O)O. The van der Waals surface area contributed by atoms with Gasteiger partial charge in [-0.1, -0.05) is 23.7 Å². The van der Waals surface area contributed by atoms with Crippen LogP contribution in [-0.2, 0) is 4.79 Å². The number of halogens is 1. The summed E-state index contributed by atoms with van der Waals surface area (Å²) in [7, 11) is 0. The predicted molar refractivity (Wildman–Crippen MR) is 80.6 cm³/mol. The molecule has 0 heterocycles. The molecule has 2 rings (SSSR count). The molecule has 0 spiro atoms. The van der Waals surface area contributed by atoms with Crippen LogP contribution in [0.1, 0.15) is 10.4 Å². The summed E-state index contributed by atoms with van der Waals surface area (Å²) >= 11 is 5.89. The molecule has 0 bridgehead atoms. The average molecular weight is 322 g/mol. The van der Waals surface area contributed by atoms with E-state index in [1.807, 2.05) is 0 Å². The summed E-state index contributed by atoms with van der Waals surface area (Å²) < 4.78 is 5.25. The van der Waals surface area contributed by atoms with E-state index in [1.54, 1.807) is 24.3 Å². The minimum atomic E-state index is -1.27. The number of carbonyl (C=O) groups is 2. The van der Waals surface area contributed by atoms with Crippen LogP contribution in [0.3, 0.4) is 0 Å². The van der Waals surface area contributed by atoms with Gasteiger partial charge in [0.15, 0.2) is 6.61 Å². The molecule has 0 unspecified atom stereocenters. The van der Waals surface area contributed by atoms with Crippen molar-refractivity contribution in [3.63, 3.8) is 0 Å². The van der Waals surface area contributed by atoms with Crippen molar-refractivity contribution in [2.24, 2.45) is 0 Å². The van der Waals surface area contributed by atoms with Gasteiger partial charge in [-0.25, -0.2) is 4.79 Å². The fraction of sp³-hybridized carbons (Fsp3) is 0.0667. The second-order valence-corrected chi connectivity index (χ2v) is 4.71. The van der Waals surface area contributed by atoms with Gasteiger partial charge in [0.1, 0.15) is 11.5 Å². The number of amides is 1. The number of nitrogens with one attached hydrogen (secondary N) is 1. The Kier molecular flexibility index (Phi) is 4.85. The highest BCUT2D eigenvalue weighted by atomic mass is 35.5. The Bertz CT molecular complexity index is 717. The third kappa shape index (κ3) is 3.89. The van der Waals surface area contributed by atoms with Crippen molar-refractivity contribution in [3.8, 4) is 11.5 Å². The standard InChI is InChI=1S/C15H12ClNO5/c16-11-3-1-2-4-13(11)22-8-14(19)17-12-6-5-9(18)7-10(12)15(20)21/h1-7,18H,8H2,(H,17,19)(H,20,21). The first-order valence-corrected chi connectivity index (χ1v) is 6.58. The zero-order valence-corrected chi connectivity index (χ0v) is 12.0. The second kappa shape index (κ2) is 6.82. The van der Waals surface area contributed by atoms with Gasteiger partial charge in [0.25, 0.3) is 5.91 Å². The molecule has 3 N–H and O–H groups in total. The molecule has 22 heavy (non-hydrogen) atoms. The lowest BCUT2D eigenvalue weighted by Gasteiger charge is -2.10. The molecule has 1 amide bonds. The molecule has 2 aromatic rings. The van der Waals surface area contributed by atoms with E-state index in [0.717, 1.165) is 6.07 Å². The Morgan fingerprint density at radius 2 is 1.91 bits per heavy atom. The van der Waals surface area contributed by atoms with E-state index < -0.39 is 11.9 Å². The summed E-state index contributed by atoms with van der Waals surface area (Å²) in [5, 5.41) is 21.1. The lowest BCUT2D eigenvalue weighted by molar-refractivity contribution is -0.118. The van der Waals surface area contributed by atoms with E-state index in [0.29, 0.717) is 10.8 Å². The lowest BCUT2D eigenvalue weighted by atomic mass is 10.1. The minimum Gasteiger partial charge on any atom is -0.508 e. The Morgan fingerprint density at radius 1 is 1.18 bits per heavy atom. The summed E-state index contributed by atoms with van der Waals surface area (Å²) in [5.74, 6) is -1.67. The summed E-state index contributed by atoms with van der Waals surface area (Å²) in [6.07, 6.45) is 0. The van der Waals surface area contributed by atoms with Gasteiger partial charge in [-0.2, -0.15) is 0 Å². The topological polar surface area (TPSA) is 95.9 Å². The molecule has 0 atom stereocenters. The Hall–Kier alpha value is -2.73. The van der Waals surface area contributed by atoms with Crippen molar-refractivity contribution in [2.75, 3.05) is 11.9 Å². The third-order valence-corrected chi connectivity index (χ3v) is 3.02. The average Bonchev–Trinajstić information content (AvgIpc) is 2.48. The lowest BCUT2D eigenvalue weighted by Crippen LogP contribution is -2.21. The number of benzene rings is 2. The van der Waals surface area contributed by atoms with Crippen LogP contribution < -0.4 is 10.1 Å². The number of aromatic carboxylic acids is 1. The maximum Gasteiger partial charge on any atom is 0.337 e. The predicted octanol–water partition coefficient (Wildman–Crippen LogP) is 2.76. The van der Waals surface area contributed by atoms with E-state index in [-0.39, 0.29) is 23.6 Å². The van der Waals surface area contributed by atoms with E-state index in [4.69, 9.17) is 21.4 Å². The molecule has 2 aromatic carbocycles. The van der Waals surface area contributed by atoms with Crippen LogP contribution in [0.15, 0.2) is 42.5 Å². The van der Waals surface area contributed by atoms with Gasteiger partial charge < -0.3 is 20.3 Å². The molecular formula is C15H12ClNO5. The molecule has 0 saturated carbocycles. The van der Waals surface area contributed by atoms with Crippen molar-refractivity contribution in [3.05, 3.63) is 53.1 Å². The summed E-state index contributed by atoms with van der Waals surface area (Å²) in [6, 6.07) is 10.3. The van der Waals surface area contributed by atoms with Crippen LogP contribution in [0, 0.1) is 0 Å². The molecule has 0 saturated heterocycles. The number of carboxylic acids is 1. The third-order valence-electron chi connectivity index (χ3n) is 2.70. The summed E-state index contributed by atoms with van der Waals surface area (Å²) in [5.41, 5.74) is -0.149. The van der Waals surface area contributed by atoms with Gasteiger partial charge in [-0.05, 0) is 30.3 Å². The Balaban J connectivity index is 2.04. The monoisotopic (exact) mass is 321 g/mol. The molecular weight excluding hydrogens is 310 g/mol. The summed E-state index contributed by atoms with van der Waals surface area (Å²) in [6.45, 7) is -0.330. The molecule has 114 valence electrons. The van der Waals surface area contributed by atoms with Crippen LogP contribution in [-0.4, -0.2) is 28.7 Å². The first-order valence-electron chi connectivity index (χ1n) is 6.21. The van der Waals surface area contributed by atoms with E-state index in [9.17, 15) is 14.7 Å². The van der Waals surface area contributed by atoms with Crippen molar-refractivity contribution in [1.29, 1.82) is 0 Å². The highest BCUT2D eigenvalue weighted by Crippen LogP contribution is 2.24. The highest BCUT2D eigenvalue weighted by Gasteiger charge is 2.14. The fourth-order valence-corrected chi connectivity index (χ4v) is 1.90. The van der Waals surface area contributed by atoms with Crippen LogP contribution >= 0.6 is 11.6 Å². The number of aromatic hydroxyl groups is 1. The number of hydrogen-bond acceptors (Lipinski definition) is 4. The van der Waals surface area contributed by atoms with Crippen molar-refractivity contribution in [1.82, 2.24) is 0 Å². The number of hydrogen-bond donors (Lipinski definition) is 3. The summed E-state index contributed by atoms with van der Waals surface area (Å²) in [4.78, 5) is 22.9. The molecule has 0 aliphatic carbocycles. The first-order chi connectivity index (χ1) is 10.5. The smallest absolute Gasteiger partial charge is 0.337 e. The van der Waals surface area contributed by atoms with Crippen molar-refractivity contribution in [2.45, 2.75) is 0 Å². The number of para-hydroxylation sites is 1. The first kappa shape index (κ1) is 15.7. The van der Waals surface area contributed by atoms with Crippen LogP contribution in [0.2, 0.25) is 5.02 Å². The zero-order chi connectivity index (χ0) is 16.1. The normalized spacial score (nSPS) is 10.0. The van der Waals surface area contributed by atoms with Crippen molar-refractivity contribution < 1.29 is 24.5 Å². The molecule has 0 aliphatic rings. The number of carbonyl (C=O) groups excluding carboxylic acids is 1. The van der Waals surface area contributed by atoms with E-state index >= 15 is 0 Å². The maximum atomic E-state index is 11.8. The molecule has 0 fully saturated rings. The van der Waals surface area contributed by atoms with Gasteiger partial charge in [-0.15, -0.1) is 0 Å². The number of rotatable bonds is 5. The van der Waals surface area contributed by atoms with E-state index in [1.165, 1.54) is 12.1 Å². The van der Waals surface area contributed by atoms with Gasteiger partial charge in [0.05, 0.1) is 16.3 Å². The van der Waals surface area contributed by atoms with Crippen LogP contribution in [0.25, 0.3) is 0 Å². The Labute approximate surface area is 130 Å². The van der Waals surface area contributed by atoms with E-state index in [2.05, 4.69) is 5.32 Å². The number of anilines is 1. The number of phenolic OH excluding ortho intramolecular Hbond substituents is 1. The Morgan fingerprint density at radius 3 is 2.59 bits per heavy atom. The molecule has 0 aliphatic heterocycles. The fourth-order valence-electron chi connectivity index (χ4n) is 1.71. The molecule has 7 heteroatoms. The maximum absolute atomic E-state index is 11.8.